The van der Waals surface area contributed by atoms with Gasteiger partial charge in [-0.15, -0.1) is 0 Å². The third-order valence-corrected chi connectivity index (χ3v) is 2.82. The highest BCUT2D eigenvalue weighted by atomic mass is 15.0. The molecule has 0 aliphatic rings. The average molecular weight is 252 g/mol. The van der Waals surface area contributed by atoms with E-state index >= 15 is 0 Å². The van der Waals surface area contributed by atoms with Gasteiger partial charge >= 0.3 is 0 Å². The van der Waals surface area contributed by atoms with E-state index in [2.05, 4.69) is 48.2 Å². The third-order valence-electron chi connectivity index (χ3n) is 2.82. The molecule has 0 atom stereocenters. The summed E-state index contributed by atoms with van der Waals surface area (Å²) in [6.07, 6.45) is 2.94. The molecule has 19 heavy (non-hydrogen) atoms. The van der Waals surface area contributed by atoms with Crippen molar-refractivity contribution >= 4 is 11.5 Å². The highest BCUT2D eigenvalue weighted by Gasteiger charge is 2.18. The first kappa shape index (κ1) is 13.0. The summed E-state index contributed by atoms with van der Waals surface area (Å²) in [5.74, 6) is 0.536. The second-order valence-electron chi connectivity index (χ2n) is 5.32. The van der Waals surface area contributed by atoms with Gasteiger partial charge in [-0.05, 0) is 17.0 Å². The van der Waals surface area contributed by atoms with Crippen LogP contribution in [0.4, 0.5) is 11.5 Å². The molecule has 0 unspecified atom stereocenters. The molecule has 1 aromatic heterocycles. The molecule has 4 heteroatoms. The molecule has 1 N–H and O–H groups in total. The van der Waals surface area contributed by atoms with Crippen molar-refractivity contribution in [2.75, 3.05) is 5.32 Å². The van der Waals surface area contributed by atoms with E-state index < -0.39 is 0 Å². The smallest absolute Gasteiger partial charge is 0.151 e. The summed E-state index contributed by atoms with van der Waals surface area (Å²) in [5, 5.41) is 12.3. The largest absolute Gasteiger partial charge is 0.339 e. The maximum Gasteiger partial charge on any atom is 0.151 e. The number of nitrogens with zero attached hydrogens (tertiary/aromatic N) is 3. The molecule has 1 heterocycles. The SMILES string of the molecule is CC(C)(C)c1ccccc1Nc1ncncc1C#N. The van der Waals surface area contributed by atoms with E-state index in [1.807, 2.05) is 18.2 Å². The lowest BCUT2D eigenvalue weighted by atomic mass is 9.86. The van der Waals surface area contributed by atoms with E-state index in [-0.39, 0.29) is 5.41 Å². The zero-order valence-electron chi connectivity index (χ0n) is 11.3. The Hall–Kier alpha value is -2.41. The van der Waals surface area contributed by atoms with Gasteiger partial charge in [-0.2, -0.15) is 5.26 Å². The Kier molecular flexibility index (Phi) is 3.48. The minimum absolute atomic E-state index is 0.0173. The van der Waals surface area contributed by atoms with Crippen molar-refractivity contribution in [3.05, 3.63) is 47.9 Å². The summed E-state index contributed by atoms with van der Waals surface area (Å²) in [6, 6.07) is 10.1. The summed E-state index contributed by atoms with van der Waals surface area (Å²) in [5.41, 5.74) is 2.59. The highest BCUT2D eigenvalue weighted by Crippen LogP contribution is 2.31. The highest BCUT2D eigenvalue weighted by molar-refractivity contribution is 5.65. The van der Waals surface area contributed by atoms with Gasteiger partial charge in [0, 0.05) is 5.69 Å². The van der Waals surface area contributed by atoms with E-state index in [1.54, 1.807) is 0 Å². The molecule has 0 aliphatic heterocycles. The quantitative estimate of drug-likeness (QED) is 0.889. The number of hydrogen-bond acceptors (Lipinski definition) is 4. The van der Waals surface area contributed by atoms with Gasteiger partial charge in [-0.25, -0.2) is 9.97 Å². The van der Waals surface area contributed by atoms with Crippen molar-refractivity contribution in [1.29, 1.82) is 5.26 Å². The number of benzene rings is 1. The number of anilines is 2. The lowest BCUT2D eigenvalue weighted by Gasteiger charge is -2.23. The van der Waals surface area contributed by atoms with Crippen LogP contribution in [0.25, 0.3) is 0 Å². The van der Waals surface area contributed by atoms with Crippen LogP contribution in [0.1, 0.15) is 31.9 Å². The first-order valence-corrected chi connectivity index (χ1v) is 6.09. The Labute approximate surface area is 113 Å². The number of hydrogen-bond donors (Lipinski definition) is 1. The van der Waals surface area contributed by atoms with Gasteiger partial charge in [0.1, 0.15) is 18.0 Å². The summed E-state index contributed by atoms with van der Waals surface area (Å²) in [6.45, 7) is 6.45. The second-order valence-corrected chi connectivity index (χ2v) is 5.32. The van der Waals surface area contributed by atoms with Crippen LogP contribution < -0.4 is 5.32 Å². The molecule has 0 fully saturated rings. The molecular formula is C15H16N4. The van der Waals surface area contributed by atoms with Crippen LogP contribution in [0.2, 0.25) is 0 Å². The lowest BCUT2D eigenvalue weighted by molar-refractivity contribution is 0.592. The van der Waals surface area contributed by atoms with Crippen LogP contribution in [-0.4, -0.2) is 9.97 Å². The molecule has 2 aromatic rings. The number of nitrogens with one attached hydrogen (secondary N) is 1. The van der Waals surface area contributed by atoms with Crippen LogP contribution in [0, 0.1) is 11.3 Å². The average Bonchev–Trinajstić information content (AvgIpc) is 2.39. The maximum atomic E-state index is 9.06. The predicted octanol–water partition coefficient (Wildman–Crippen LogP) is 3.39. The van der Waals surface area contributed by atoms with E-state index in [0.717, 1.165) is 5.69 Å². The van der Waals surface area contributed by atoms with Gasteiger partial charge < -0.3 is 5.32 Å². The summed E-state index contributed by atoms with van der Waals surface area (Å²) >= 11 is 0. The van der Waals surface area contributed by atoms with E-state index in [0.29, 0.717) is 11.4 Å². The van der Waals surface area contributed by atoms with Gasteiger partial charge in [0.25, 0.3) is 0 Å². The van der Waals surface area contributed by atoms with Crippen LogP contribution in [0.5, 0.6) is 0 Å². The van der Waals surface area contributed by atoms with Crippen molar-refractivity contribution < 1.29 is 0 Å². The minimum Gasteiger partial charge on any atom is -0.339 e. The van der Waals surface area contributed by atoms with E-state index in [1.165, 1.54) is 18.1 Å². The fourth-order valence-corrected chi connectivity index (χ4v) is 1.88. The van der Waals surface area contributed by atoms with Gasteiger partial charge in [0.15, 0.2) is 5.82 Å². The molecule has 2 rings (SSSR count). The molecule has 0 radical (unpaired) electrons. The van der Waals surface area contributed by atoms with Crippen LogP contribution in [-0.2, 0) is 5.41 Å². The fourth-order valence-electron chi connectivity index (χ4n) is 1.88. The van der Waals surface area contributed by atoms with Gasteiger partial charge in [0.05, 0.1) is 6.20 Å². The molecular weight excluding hydrogens is 236 g/mol. The van der Waals surface area contributed by atoms with Crippen molar-refractivity contribution in [1.82, 2.24) is 9.97 Å². The maximum absolute atomic E-state index is 9.06. The second kappa shape index (κ2) is 5.07. The number of para-hydroxylation sites is 1. The summed E-state index contributed by atoms with van der Waals surface area (Å²) in [4.78, 5) is 7.98. The van der Waals surface area contributed by atoms with Crippen molar-refractivity contribution in [2.24, 2.45) is 0 Å². The van der Waals surface area contributed by atoms with Crippen molar-refractivity contribution in [3.8, 4) is 6.07 Å². The molecule has 96 valence electrons. The van der Waals surface area contributed by atoms with Gasteiger partial charge in [-0.3, -0.25) is 0 Å². The molecule has 4 nitrogen and oxygen atoms in total. The molecule has 0 spiro atoms. The molecule has 0 saturated heterocycles. The first-order chi connectivity index (χ1) is 9.02. The zero-order valence-corrected chi connectivity index (χ0v) is 11.3. The minimum atomic E-state index is 0.0173. The van der Waals surface area contributed by atoms with Crippen LogP contribution in [0.15, 0.2) is 36.8 Å². The van der Waals surface area contributed by atoms with Crippen molar-refractivity contribution in [2.45, 2.75) is 26.2 Å². The van der Waals surface area contributed by atoms with Crippen LogP contribution in [0.3, 0.4) is 0 Å². The number of rotatable bonds is 2. The zero-order chi connectivity index (χ0) is 13.9. The topological polar surface area (TPSA) is 61.6 Å². The standard InChI is InChI=1S/C15H16N4/c1-15(2,3)12-6-4-5-7-13(12)19-14-11(8-16)9-17-10-18-14/h4-7,9-10H,1-3H3,(H,17,18,19). The summed E-state index contributed by atoms with van der Waals surface area (Å²) in [7, 11) is 0. The molecule has 0 amide bonds. The number of nitriles is 1. The van der Waals surface area contributed by atoms with E-state index in [9.17, 15) is 0 Å². The fraction of sp³-hybridized carbons (Fsp3) is 0.267. The Morgan fingerprint density at radius 3 is 2.63 bits per heavy atom. The molecule has 0 bridgehead atoms. The third kappa shape index (κ3) is 2.89. The molecule has 1 aromatic carbocycles. The molecule has 0 aliphatic carbocycles. The normalized spacial score (nSPS) is 10.8. The Balaban J connectivity index is 2.43. The number of aromatic nitrogens is 2. The predicted molar refractivity (Wildman–Crippen MR) is 75.2 cm³/mol. The van der Waals surface area contributed by atoms with E-state index in [4.69, 9.17) is 5.26 Å². The van der Waals surface area contributed by atoms with Gasteiger partial charge in [-0.1, -0.05) is 39.0 Å². The monoisotopic (exact) mass is 252 g/mol. The Morgan fingerprint density at radius 2 is 1.95 bits per heavy atom. The van der Waals surface area contributed by atoms with Crippen molar-refractivity contribution in [3.63, 3.8) is 0 Å². The summed E-state index contributed by atoms with van der Waals surface area (Å²) < 4.78 is 0. The first-order valence-electron chi connectivity index (χ1n) is 6.09. The molecule has 0 saturated carbocycles. The Morgan fingerprint density at radius 1 is 1.21 bits per heavy atom. The Bertz CT molecular complexity index is 621. The van der Waals surface area contributed by atoms with Crippen LogP contribution >= 0.6 is 0 Å². The van der Waals surface area contributed by atoms with Gasteiger partial charge in [0.2, 0.25) is 0 Å². The lowest BCUT2D eigenvalue weighted by Crippen LogP contribution is -2.14.